The predicted molar refractivity (Wildman–Crippen MR) is 120 cm³/mol. The lowest BCUT2D eigenvalue weighted by molar-refractivity contribution is 0.0946. The topological polar surface area (TPSA) is 66.5 Å². The van der Waals surface area contributed by atoms with Crippen molar-refractivity contribution in [1.29, 1.82) is 0 Å². The summed E-state index contributed by atoms with van der Waals surface area (Å²) in [5.41, 5.74) is 1.98. The van der Waals surface area contributed by atoms with E-state index in [0.717, 1.165) is 24.8 Å². The lowest BCUT2D eigenvalue weighted by atomic mass is 9.99. The molecule has 158 valence electrons. The molecule has 0 heterocycles. The molecule has 0 bridgehead atoms. The number of amides is 1. The number of rotatable bonds is 11. The van der Waals surface area contributed by atoms with Gasteiger partial charge >= 0.3 is 0 Å². The van der Waals surface area contributed by atoms with Gasteiger partial charge in [0.15, 0.2) is 0 Å². The number of sulfonamides is 1. The number of nitrogens with zero attached hydrogens (tertiary/aromatic N) is 1. The van der Waals surface area contributed by atoms with Crippen LogP contribution in [-0.2, 0) is 16.6 Å². The number of hydrogen-bond donors (Lipinski definition) is 1. The molecule has 0 saturated carbocycles. The van der Waals surface area contributed by atoms with E-state index < -0.39 is 10.0 Å². The maximum atomic E-state index is 12.5. The van der Waals surface area contributed by atoms with Crippen molar-refractivity contribution in [3.63, 3.8) is 0 Å². The molecule has 1 N–H and O–H groups in total. The highest BCUT2D eigenvalue weighted by atomic mass is 32.2. The summed E-state index contributed by atoms with van der Waals surface area (Å²) in [5, 5.41) is 3.01. The summed E-state index contributed by atoms with van der Waals surface area (Å²) >= 11 is 0. The van der Waals surface area contributed by atoms with E-state index >= 15 is 0 Å². The number of unbranched alkanes of at least 4 members (excludes halogenated alkanes) is 1. The predicted octanol–water partition coefficient (Wildman–Crippen LogP) is 4.60. The van der Waals surface area contributed by atoms with E-state index in [1.165, 1.54) is 17.0 Å². The van der Waals surface area contributed by atoms with Crippen molar-refractivity contribution in [2.24, 2.45) is 5.92 Å². The maximum Gasteiger partial charge on any atom is 0.251 e. The monoisotopic (exact) mass is 416 g/mol. The van der Waals surface area contributed by atoms with Gasteiger partial charge in [0, 0.05) is 12.1 Å². The molecule has 0 aliphatic rings. The van der Waals surface area contributed by atoms with Crippen molar-refractivity contribution in [2.45, 2.75) is 46.1 Å². The van der Waals surface area contributed by atoms with Gasteiger partial charge in [0.25, 0.3) is 5.91 Å². The molecule has 5 nitrogen and oxygen atoms in total. The van der Waals surface area contributed by atoms with Crippen LogP contribution >= 0.6 is 0 Å². The van der Waals surface area contributed by atoms with Gasteiger partial charge in [-0.05, 0) is 42.2 Å². The fourth-order valence-electron chi connectivity index (χ4n) is 3.21. The molecule has 0 fully saturated rings. The first-order valence-corrected chi connectivity index (χ1v) is 12.1. The van der Waals surface area contributed by atoms with Gasteiger partial charge in [-0.3, -0.25) is 9.10 Å². The van der Waals surface area contributed by atoms with Gasteiger partial charge in [-0.25, -0.2) is 8.42 Å². The van der Waals surface area contributed by atoms with E-state index in [9.17, 15) is 13.2 Å². The minimum absolute atomic E-state index is 0.125. The van der Waals surface area contributed by atoms with E-state index in [2.05, 4.69) is 19.2 Å². The highest BCUT2D eigenvalue weighted by molar-refractivity contribution is 7.92. The van der Waals surface area contributed by atoms with Crippen LogP contribution in [0.15, 0.2) is 54.6 Å². The standard InChI is InChI=1S/C23H32N2O3S/c1-4-6-10-19(5-2)17-24-23(26)21-13-15-22(16-14-21)25(29(3,27)28)18-20-11-8-7-9-12-20/h7-9,11-16,19H,4-6,10,17-18H2,1-3H3,(H,24,26). The number of nitrogens with one attached hydrogen (secondary N) is 1. The van der Waals surface area contributed by atoms with E-state index in [0.29, 0.717) is 23.7 Å². The zero-order chi connectivity index (χ0) is 21.3. The second-order valence-electron chi connectivity index (χ2n) is 7.43. The molecule has 0 radical (unpaired) electrons. The highest BCUT2D eigenvalue weighted by Gasteiger charge is 2.18. The molecule has 0 saturated heterocycles. The largest absolute Gasteiger partial charge is 0.352 e. The second kappa shape index (κ2) is 11.0. The Morgan fingerprint density at radius 1 is 1.03 bits per heavy atom. The van der Waals surface area contributed by atoms with Crippen LogP contribution in [0, 0.1) is 5.92 Å². The molecule has 6 heteroatoms. The number of carbonyl (C=O) groups excluding carboxylic acids is 1. The summed E-state index contributed by atoms with van der Waals surface area (Å²) in [6, 6.07) is 16.2. The number of carbonyl (C=O) groups is 1. The van der Waals surface area contributed by atoms with Crippen molar-refractivity contribution in [3.8, 4) is 0 Å². The molecule has 2 aromatic rings. The van der Waals surface area contributed by atoms with Crippen LogP contribution in [0.3, 0.4) is 0 Å². The van der Waals surface area contributed by atoms with Crippen molar-refractivity contribution >= 4 is 21.6 Å². The Bertz CT molecular complexity index is 865. The molecule has 29 heavy (non-hydrogen) atoms. The molecule has 1 unspecified atom stereocenters. The van der Waals surface area contributed by atoms with Gasteiger partial charge in [-0.15, -0.1) is 0 Å². The smallest absolute Gasteiger partial charge is 0.251 e. The van der Waals surface area contributed by atoms with Crippen LogP contribution in [0.25, 0.3) is 0 Å². The first-order chi connectivity index (χ1) is 13.8. The zero-order valence-electron chi connectivity index (χ0n) is 17.6. The lowest BCUT2D eigenvalue weighted by Gasteiger charge is -2.23. The first-order valence-electron chi connectivity index (χ1n) is 10.2. The van der Waals surface area contributed by atoms with Crippen molar-refractivity contribution < 1.29 is 13.2 Å². The minimum atomic E-state index is -3.45. The molecule has 2 rings (SSSR count). The van der Waals surface area contributed by atoms with E-state index in [1.54, 1.807) is 24.3 Å². The third-order valence-corrected chi connectivity index (χ3v) is 6.22. The Hall–Kier alpha value is -2.34. The van der Waals surface area contributed by atoms with Gasteiger partial charge in [-0.2, -0.15) is 0 Å². The van der Waals surface area contributed by atoms with Gasteiger partial charge in [0.05, 0.1) is 18.5 Å². The van der Waals surface area contributed by atoms with Crippen LogP contribution in [0.2, 0.25) is 0 Å². The number of anilines is 1. The summed E-state index contributed by atoms with van der Waals surface area (Å²) in [6.45, 7) is 5.24. The summed E-state index contributed by atoms with van der Waals surface area (Å²) in [4.78, 5) is 12.5. The average molecular weight is 417 g/mol. The fourth-order valence-corrected chi connectivity index (χ4v) is 4.10. The quantitative estimate of drug-likeness (QED) is 0.582. The van der Waals surface area contributed by atoms with E-state index in [1.807, 2.05) is 30.3 Å². The molecular formula is C23H32N2O3S. The summed E-state index contributed by atoms with van der Waals surface area (Å²) < 4.78 is 25.9. The lowest BCUT2D eigenvalue weighted by Crippen LogP contribution is -2.30. The summed E-state index contributed by atoms with van der Waals surface area (Å²) in [6.07, 6.45) is 5.69. The van der Waals surface area contributed by atoms with E-state index in [-0.39, 0.29) is 12.5 Å². The van der Waals surface area contributed by atoms with Crippen LogP contribution in [0.5, 0.6) is 0 Å². The van der Waals surface area contributed by atoms with Crippen LogP contribution in [0.1, 0.15) is 55.5 Å². The molecule has 2 aromatic carbocycles. The Morgan fingerprint density at radius 2 is 1.69 bits per heavy atom. The van der Waals surface area contributed by atoms with Crippen molar-refractivity contribution in [1.82, 2.24) is 5.32 Å². The summed E-state index contributed by atoms with van der Waals surface area (Å²) in [5.74, 6) is 0.366. The molecule has 0 spiro atoms. The minimum Gasteiger partial charge on any atom is -0.352 e. The number of benzene rings is 2. The molecule has 0 aliphatic heterocycles. The molecule has 0 aliphatic carbocycles. The third kappa shape index (κ3) is 7.20. The molecule has 1 atom stereocenters. The van der Waals surface area contributed by atoms with Gasteiger partial charge in [0.2, 0.25) is 10.0 Å². The van der Waals surface area contributed by atoms with E-state index in [4.69, 9.17) is 0 Å². The SMILES string of the molecule is CCCCC(CC)CNC(=O)c1ccc(N(Cc2ccccc2)S(C)(=O)=O)cc1. The molecule has 0 aromatic heterocycles. The van der Waals surface area contributed by atoms with Gasteiger partial charge < -0.3 is 5.32 Å². The Labute approximate surface area is 175 Å². The Balaban J connectivity index is 2.07. The van der Waals surface area contributed by atoms with Crippen LogP contribution in [0.4, 0.5) is 5.69 Å². The Morgan fingerprint density at radius 3 is 2.24 bits per heavy atom. The molecule has 1 amide bonds. The number of hydrogen-bond acceptors (Lipinski definition) is 3. The average Bonchev–Trinajstić information content (AvgIpc) is 2.72. The first kappa shape index (κ1) is 22.9. The fraction of sp³-hybridized carbons (Fsp3) is 0.435. The van der Waals surface area contributed by atoms with Crippen molar-refractivity contribution in [3.05, 3.63) is 65.7 Å². The maximum absolute atomic E-state index is 12.5. The highest BCUT2D eigenvalue weighted by Crippen LogP contribution is 2.21. The zero-order valence-corrected chi connectivity index (χ0v) is 18.4. The normalized spacial score (nSPS) is 12.4. The third-order valence-electron chi connectivity index (χ3n) is 5.08. The summed E-state index contributed by atoms with van der Waals surface area (Å²) in [7, 11) is -3.45. The van der Waals surface area contributed by atoms with Crippen molar-refractivity contribution in [2.75, 3.05) is 17.1 Å². The molecular weight excluding hydrogens is 384 g/mol. The van der Waals surface area contributed by atoms with Gasteiger partial charge in [-0.1, -0.05) is 63.4 Å². The Kier molecular flexibility index (Phi) is 8.70. The van der Waals surface area contributed by atoms with Crippen LogP contribution in [-0.4, -0.2) is 27.1 Å². The second-order valence-corrected chi connectivity index (χ2v) is 9.34. The van der Waals surface area contributed by atoms with Gasteiger partial charge in [0.1, 0.15) is 0 Å². The van der Waals surface area contributed by atoms with Crippen LogP contribution < -0.4 is 9.62 Å².